The SMILES string of the molecule is CC(C)c1cc(N2CCN(c3ccccc3)CC2)ncn1. The Balaban J connectivity index is 1.67. The molecule has 1 aliphatic rings. The highest BCUT2D eigenvalue weighted by Crippen LogP contribution is 2.20. The third-order valence-corrected chi connectivity index (χ3v) is 3.99. The summed E-state index contributed by atoms with van der Waals surface area (Å²) in [4.78, 5) is 13.6. The summed E-state index contributed by atoms with van der Waals surface area (Å²) in [5.41, 5.74) is 2.42. The molecule has 2 aromatic rings. The van der Waals surface area contributed by atoms with Crippen molar-refractivity contribution >= 4 is 11.5 Å². The van der Waals surface area contributed by atoms with E-state index in [-0.39, 0.29) is 0 Å². The maximum absolute atomic E-state index is 4.44. The number of benzene rings is 1. The van der Waals surface area contributed by atoms with Crippen LogP contribution in [0.3, 0.4) is 0 Å². The first-order valence-corrected chi connectivity index (χ1v) is 7.61. The minimum Gasteiger partial charge on any atom is -0.368 e. The molecule has 1 aromatic carbocycles. The van der Waals surface area contributed by atoms with Crippen LogP contribution in [0, 0.1) is 0 Å². The molecular formula is C17H22N4. The number of rotatable bonds is 3. The molecular weight excluding hydrogens is 260 g/mol. The van der Waals surface area contributed by atoms with Crippen molar-refractivity contribution in [1.29, 1.82) is 0 Å². The summed E-state index contributed by atoms with van der Waals surface area (Å²) in [6, 6.07) is 12.7. The second kappa shape index (κ2) is 6.12. The maximum atomic E-state index is 4.44. The van der Waals surface area contributed by atoms with Gasteiger partial charge in [-0.2, -0.15) is 0 Å². The lowest BCUT2D eigenvalue weighted by atomic mass is 10.1. The summed E-state index contributed by atoms with van der Waals surface area (Å²) in [5, 5.41) is 0. The summed E-state index contributed by atoms with van der Waals surface area (Å²) >= 11 is 0. The molecule has 1 aliphatic heterocycles. The number of hydrogen-bond donors (Lipinski definition) is 0. The molecule has 0 atom stereocenters. The monoisotopic (exact) mass is 282 g/mol. The zero-order chi connectivity index (χ0) is 14.7. The summed E-state index contributed by atoms with van der Waals surface area (Å²) in [6.07, 6.45) is 1.69. The quantitative estimate of drug-likeness (QED) is 0.866. The van der Waals surface area contributed by atoms with Gasteiger partial charge in [0.15, 0.2) is 0 Å². The molecule has 3 rings (SSSR count). The van der Waals surface area contributed by atoms with Crippen molar-refractivity contribution in [2.75, 3.05) is 36.0 Å². The summed E-state index contributed by atoms with van der Waals surface area (Å²) in [7, 11) is 0. The van der Waals surface area contributed by atoms with E-state index in [0.29, 0.717) is 5.92 Å². The normalized spacial score (nSPS) is 15.6. The van der Waals surface area contributed by atoms with E-state index >= 15 is 0 Å². The zero-order valence-corrected chi connectivity index (χ0v) is 12.7. The minimum absolute atomic E-state index is 0.442. The van der Waals surface area contributed by atoms with Gasteiger partial charge >= 0.3 is 0 Å². The molecule has 1 fully saturated rings. The molecule has 0 N–H and O–H groups in total. The highest BCUT2D eigenvalue weighted by molar-refractivity contribution is 5.49. The lowest BCUT2D eigenvalue weighted by Gasteiger charge is -2.36. The highest BCUT2D eigenvalue weighted by Gasteiger charge is 2.18. The molecule has 0 spiro atoms. The Kier molecular flexibility index (Phi) is 4.04. The van der Waals surface area contributed by atoms with Crippen molar-refractivity contribution in [1.82, 2.24) is 9.97 Å². The van der Waals surface area contributed by atoms with Crippen LogP contribution in [0.25, 0.3) is 0 Å². The Morgan fingerprint density at radius 1 is 0.905 bits per heavy atom. The average molecular weight is 282 g/mol. The first kappa shape index (κ1) is 13.9. The van der Waals surface area contributed by atoms with Gasteiger partial charge in [-0.25, -0.2) is 9.97 Å². The van der Waals surface area contributed by atoms with Gasteiger partial charge in [-0.3, -0.25) is 0 Å². The summed E-state index contributed by atoms with van der Waals surface area (Å²) < 4.78 is 0. The molecule has 0 unspecified atom stereocenters. The lowest BCUT2D eigenvalue weighted by molar-refractivity contribution is 0.645. The van der Waals surface area contributed by atoms with Crippen LogP contribution in [-0.2, 0) is 0 Å². The van der Waals surface area contributed by atoms with Crippen molar-refractivity contribution in [2.24, 2.45) is 0 Å². The predicted octanol–water partition coefficient (Wildman–Crippen LogP) is 2.93. The van der Waals surface area contributed by atoms with E-state index in [0.717, 1.165) is 37.7 Å². The number of aromatic nitrogens is 2. The van der Waals surface area contributed by atoms with Crippen molar-refractivity contribution in [3.8, 4) is 0 Å². The Morgan fingerprint density at radius 2 is 1.57 bits per heavy atom. The molecule has 4 heteroatoms. The molecule has 1 saturated heterocycles. The van der Waals surface area contributed by atoms with Gasteiger partial charge in [-0.05, 0) is 18.1 Å². The van der Waals surface area contributed by atoms with Crippen LogP contribution < -0.4 is 9.80 Å². The van der Waals surface area contributed by atoms with Crippen molar-refractivity contribution in [3.63, 3.8) is 0 Å². The van der Waals surface area contributed by atoms with Crippen LogP contribution in [0.15, 0.2) is 42.7 Å². The topological polar surface area (TPSA) is 32.3 Å². The Morgan fingerprint density at radius 3 is 2.24 bits per heavy atom. The molecule has 21 heavy (non-hydrogen) atoms. The molecule has 4 nitrogen and oxygen atoms in total. The van der Waals surface area contributed by atoms with Crippen molar-refractivity contribution < 1.29 is 0 Å². The third kappa shape index (κ3) is 3.15. The minimum atomic E-state index is 0.442. The van der Waals surface area contributed by atoms with Crippen LogP contribution in [0.4, 0.5) is 11.5 Å². The fraction of sp³-hybridized carbons (Fsp3) is 0.412. The second-order valence-corrected chi connectivity index (χ2v) is 5.77. The first-order valence-electron chi connectivity index (χ1n) is 7.61. The Bertz CT molecular complexity index is 574. The van der Waals surface area contributed by atoms with Gasteiger partial charge in [0.2, 0.25) is 0 Å². The van der Waals surface area contributed by atoms with Gasteiger partial charge in [0.25, 0.3) is 0 Å². The van der Waals surface area contributed by atoms with Gasteiger partial charge in [-0.1, -0.05) is 32.0 Å². The fourth-order valence-corrected chi connectivity index (χ4v) is 2.68. The standard InChI is InChI=1S/C17H22N4/c1-14(2)16-12-17(19-13-18-16)21-10-8-20(9-11-21)15-6-4-3-5-7-15/h3-7,12-14H,8-11H2,1-2H3. The van der Waals surface area contributed by atoms with Gasteiger partial charge in [0.1, 0.15) is 12.1 Å². The number of nitrogens with zero attached hydrogens (tertiary/aromatic N) is 4. The van der Waals surface area contributed by atoms with Gasteiger partial charge in [-0.15, -0.1) is 0 Å². The van der Waals surface area contributed by atoms with Gasteiger partial charge in [0, 0.05) is 43.6 Å². The van der Waals surface area contributed by atoms with Gasteiger partial charge in [0.05, 0.1) is 0 Å². The lowest BCUT2D eigenvalue weighted by Crippen LogP contribution is -2.46. The van der Waals surface area contributed by atoms with E-state index in [1.807, 2.05) is 0 Å². The van der Waals surface area contributed by atoms with E-state index in [9.17, 15) is 0 Å². The van der Waals surface area contributed by atoms with Crippen LogP contribution >= 0.6 is 0 Å². The van der Waals surface area contributed by atoms with Crippen LogP contribution in [0.1, 0.15) is 25.5 Å². The molecule has 0 amide bonds. The van der Waals surface area contributed by atoms with Crippen LogP contribution in [-0.4, -0.2) is 36.1 Å². The predicted molar refractivity (Wildman–Crippen MR) is 87.0 cm³/mol. The van der Waals surface area contributed by atoms with E-state index in [1.165, 1.54) is 5.69 Å². The molecule has 0 saturated carbocycles. The Labute approximate surface area is 126 Å². The summed E-state index contributed by atoms with van der Waals surface area (Å²) in [5.74, 6) is 1.50. The third-order valence-electron chi connectivity index (χ3n) is 3.99. The molecule has 2 heterocycles. The van der Waals surface area contributed by atoms with Crippen LogP contribution in [0.5, 0.6) is 0 Å². The second-order valence-electron chi connectivity index (χ2n) is 5.77. The zero-order valence-electron chi connectivity index (χ0n) is 12.7. The number of hydrogen-bond acceptors (Lipinski definition) is 4. The van der Waals surface area contributed by atoms with E-state index in [1.54, 1.807) is 6.33 Å². The molecule has 0 radical (unpaired) electrons. The number of para-hydroxylation sites is 1. The van der Waals surface area contributed by atoms with E-state index in [4.69, 9.17) is 0 Å². The molecule has 1 aromatic heterocycles. The van der Waals surface area contributed by atoms with E-state index in [2.05, 4.69) is 70.0 Å². The smallest absolute Gasteiger partial charge is 0.132 e. The Hall–Kier alpha value is -2.10. The average Bonchev–Trinajstić information content (AvgIpc) is 2.56. The maximum Gasteiger partial charge on any atom is 0.132 e. The largest absolute Gasteiger partial charge is 0.368 e. The summed E-state index contributed by atoms with van der Waals surface area (Å²) in [6.45, 7) is 8.40. The molecule has 110 valence electrons. The fourth-order valence-electron chi connectivity index (χ4n) is 2.68. The highest BCUT2D eigenvalue weighted by atomic mass is 15.3. The molecule has 0 bridgehead atoms. The molecule has 0 aliphatic carbocycles. The van der Waals surface area contributed by atoms with Crippen LogP contribution in [0.2, 0.25) is 0 Å². The van der Waals surface area contributed by atoms with E-state index < -0.39 is 0 Å². The first-order chi connectivity index (χ1) is 10.2. The number of anilines is 2. The van der Waals surface area contributed by atoms with Crippen molar-refractivity contribution in [2.45, 2.75) is 19.8 Å². The van der Waals surface area contributed by atoms with Crippen molar-refractivity contribution in [3.05, 3.63) is 48.4 Å². The number of piperazine rings is 1. The van der Waals surface area contributed by atoms with Gasteiger partial charge < -0.3 is 9.80 Å².